The summed E-state index contributed by atoms with van der Waals surface area (Å²) in [5, 5.41) is 20.1. The number of hydrogen-bond acceptors (Lipinski definition) is 3. The minimum atomic E-state index is -1.15. The van der Waals surface area contributed by atoms with E-state index in [1.165, 1.54) is 0 Å². The summed E-state index contributed by atoms with van der Waals surface area (Å²) >= 11 is 0. The van der Waals surface area contributed by atoms with Crippen molar-refractivity contribution in [3.05, 3.63) is 48.3 Å². The van der Waals surface area contributed by atoms with E-state index in [0.29, 0.717) is 0 Å². The molecule has 2 aliphatic rings. The van der Waals surface area contributed by atoms with E-state index in [4.69, 9.17) is 0 Å². The van der Waals surface area contributed by atoms with Crippen molar-refractivity contribution in [3.63, 3.8) is 0 Å². The first-order valence-electron chi connectivity index (χ1n) is 8.11. The number of H-pyrrole nitrogens is 1. The molecule has 0 radical (unpaired) electrons. The minimum absolute atomic E-state index is 0.391. The van der Waals surface area contributed by atoms with Crippen LogP contribution in [0.3, 0.4) is 0 Å². The van der Waals surface area contributed by atoms with Gasteiger partial charge in [-0.15, -0.1) is 0 Å². The topological polar surface area (TPSA) is 76.6 Å². The number of allylic oxidation sites excluding steroid dienone is 2. The summed E-state index contributed by atoms with van der Waals surface area (Å²) in [6.45, 7) is 5.26. The summed E-state index contributed by atoms with van der Waals surface area (Å²) in [6, 6.07) is 3.89. The lowest BCUT2D eigenvalue weighted by atomic mass is 9.79. The lowest BCUT2D eigenvalue weighted by molar-refractivity contribution is -0.152. The van der Waals surface area contributed by atoms with Crippen LogP contribution in [-0.4, -0.2) is 44.9 Å². The van der Waals surface area contributed by atoms with Crippen molar-refractivity contribution < 1.29 is 15.0 Å². The maximum Gasteiger partial charge on any atom is 0.306 e. The van der Waals surface area contributed by atoms with Gasteiger partial charge in [0.15, 0.2) is 0 Å². The molecular formula is C18H26N2O3. The molecule has 0 saturated carbocycles. The van der Waals surface area contributed by atoms with Gasteiger partial charge in [0.25, 0.3) is 0 Å². The number of aliphatic carboxylic acids is 1. The maximum atomic E-state index is 11.2. The van der Waals surface area contributed by atoms with E-state index in [1.54, 1.807) is 13.0 Å². The van der Waals surface area contributed by atoms with Crippen molar-refractivity contribution in [2.45, 2.75) is 32.4 Å². The fourth-order valence-corrected chi connectivity index (χ4v) is 3.16. The number of aromatic amines is 1. The highest BCUT2D eigenvalue weighted by atomic mass is 16.4. The predicted molar refractivity (Wildman–Crippen MR) is 89.7 cm³/mol. The van der Waals surface area contributed by atoms with Crippen LogP contribution < -0.4 is 0 Å². The molecule has 1 aliphatic heterocycles. The third-order valence-corrected chi connectivity index (χ3v) is 4.56. The van der Waals surface area contributed by atoms with E-state index in [0.717, 1.165) is 31.5 Å². The summed E-state index contributed by atoms with van der Waals surface area (Å²) in [4.78, 5) is 16.1. The fraction of sp³-hybridized carbons (Fsp3) is 0.500. The van der Waals surface area contributed by atoms with Crippen LogP contribution in [0.1, 0.15) is 26.7 Å². The van der Waals surface area contributed by atoms with Crippen LogP contribution >= 0.6 is 0 Å². The smallest absolute Gasteiger partial charge is 0.306 e. The Balaban J connectivity index is 0.000000326. The molecule has 0 bridgehead atoms. The Labute approximate surface area is 137 Å². The predicted octanol–water partition coefficient (Wildman–Crippen LogP) is 2.64. The first-order chi connectivity index (χ1) is 10.9. The summed E-state index contributed by atoms with van der Waals surface area (Å²) in [5.41, 5.74) is -0.134. The van der Waals surface area contributed by atoms with Gasteiger partial charge in [-0.3, -0.25) is 9.69 Å². The molecule has 2 heterocycles. The molecule has 1 fully saturated rings. The van der Waals surface area contributed by atoms with Crippen LogP contribution in [0.4, 0.5) is 0 Å². The summed E-state index contributed by atoms with van der Waals surface area (Å²) < 4.78 is 0. The van der Waals surface area contributed by atoms with Crippen LogP contribution in [0.25, 0.3) is 0 Å². The molecule has 3 atom stereocenters. The molecule has 0 amide bonds. The Kier molecular flexibility index (Phi) is 5.80. The molecule has 5 nitrogen and oxygen atoms in total. The molecule has 5 heteroatoms. The van der Waals surface area contributed by atoms with Gasteiger partial charge in [-0.2, -0.15) is 0 Å². The Hall–Kier alpha value is -1.85. The average Bonchev–Trinajstić information content (AvgIpc) is 3.24. The molecule has 1 aromatic rings. The maximum absolute atomic E-state index is 11.2. The Morgan fingerprint density at radius 1 is 1.35 bits per heavy atom. The Morgan fingerprint density at radius 2 is 1.96 bits per heavy atom. The van der Waals surface area contributed by atoms with Gasteiger partial charge in [0, 0.05) is 31.4 Å². The number of aliphatic hydroxyl groups is 1. The zero-order valence-corrected chi connectivity index (χ0v) is 13.8. The van der Waals surface area contributed by atoms with Crippen molar-refractivity contribution in [2.75, 3.05) is 13.1 Å². The van der Waals surface area contributed by atoms with Gasteiger partial charge in [-0.1, -0.05) is 24.6 Å². The molecule has 3 N–H and O–H groups in total. The van der Waals surface area contributed by atoms with Gasteiger partial charge < -0.3 is 15.2 Å². The molecule has 0 aromatic carbocycles. The molecule has 3 rings (SSSR count). The van der Waals surface area contributed by atoms with Crippen molar-refractivity contribution in [1.82, 2.24) is 9.88 Å². The second kappa shape index (κ2) is 7.62. The first-order valence-corrected chi connectivity index (χ1v) is 8.11. The highest BCUT2D eigenvalue weighted by Gasteiger charge is 2.45. The van der Waals surface area contributed by atoms with Gasteiger partial charge in [0.1, 0.15) is 5.72 Å². The molecular weight excluding hydrogens is 292 g/mol. The van der Waals surface area contributed by atoms with Crippen LogP contribution in [-0.2, 0) is 4.79 Å². The number of carbonyl (C=O) groups is 1. The standard InChI is InChI=1S/C14H21NO3.C4H5N/c1-10-5-6-14(18,15-7-3-4-8-15)12(9-10)11(2)13(16)17;1-2-4-5-3-1/h5-6,9,11-12,18H,3-4,7-8H2,1-2H3,(H,16,17);1-5H. The SMILES string of the molecule is CC1=CC(C(C)C(=O)O)C(O)(N2CCCC2)C=C1.c1cc[nH]c1. The van der Waals surface area contributed by atoms with E-state index in [9.17, 15) is 15.0 Å². The second-order valence-corrected chi connectivity index (χ2v) is 6.26. The molecule has 23 heavy (non-hydrogen) atoms. The van der Waals surface area contributed by atoms with Gasteiger partial charge in [0.05, 0.1) is 5.92 Å². The van der Waals surface area contributed by atoms with Gasteiger partial charge in [-0.05, 0) is 38.0 Å². The number of nitrogens with zero attached hydrogens (tertiary/aromatic N) is 1. The van der Waals surface area contributed by atoms with E-state index in [2.05, 4.69) is 4.98 Å². The van der Waals surface area contributed by atoms with Gasteiger partial charge >= 0.3 is 5.97 Å². The van der Waals surface area contributed by atoms with Crippen molar-refractivity contribution in [3.8, 4) is 0 Å². The van der Waals surface area contributed by atoms with Crippen molar-refractivity contribution in [2.24, 2.45) is 11.8 Å². The van der Waals surface area contributed by atoms with Crippen molar-refractivity contribution >= 4 is 5.97 Å². The van der Waals surface area contributed by atoms with Gasteiger partial charge in [0.2, 0.25) is 0 Å². The molecule has 0 spiro atoms. The highest BCUT2D eigenvalue weighted by Crippen LogP contribution is 2.37. The number of rotatable bonds is 3. The van der Waals surface area contributed by atoms with Crippen LogP contribution in [0.5, 0.6) is 0 Å². The Bertz CT molecular complexity index is 542. The van der Waals surface area contributed by atoms with E-state index >= 15 is 0 Å². The zero-order chi connectivity index (χ0) is 16.9. The zero-order valence-electron chi connectivity index (χ0n) is 13.8. The van der Waals surface area contributed by atoms with Crippen LogP contribution in [0.2, 0.25) is 0 Å². The monoisotopic (exact) mass is 318 g/mol. The van der Waals surface area contributed by atoms with Crippen molar-refractivity contribution in [1.29, 1.82) is 0 Å². The third-order valence-electron chi connectivity index (χ3n) is 4.56. The fourth-order valence-electron chi connectivity index (χ4n) is 3.16. The summed E-state index contributed by atoms with van der Waals surface area (Å²) in [6.07, 6.45) is 11.4. The molecule has 1 aliphatic carbocycles. The number of nitrogens with one attached hydrogen (secondary N) is 1. The highest BCUT2D eigenvalue weighted by molar-refractivity contribution is 5.70. The average molecular weight is 318 g/mol. The van der Waals surface area contributed by atoms with Gasteiger partial charge in [-0.25, -0.2) is 0 Å². The lowest BCUT2D eigenvalue weighted by Crippen LogP contribution is -2.54. The minimum Gasteiger partial charge on any atom is -0.481 e. The number of likely N-dealkylation sites (tertiary alicyclic amines) is 1. The van der Waals surface area contributed by atoms with Crippen LogP contribution in [0, 0.1) is 11.8 Å². The van der Waals surface area contributed by atoms with Crippen LogP contribution in [0.15, 0.2) is 48.3 Å². The molecule has 1 aromatic heterocycles. The van der Waals surface area contributed by atoms with E-state index in [-0.39, 0.29) is 0 Å². The normalized spacial score (nSPS) is 28.7. The number of hydrogen-bond donors (Lipinski definition) is 3. The number of carboxylic acid groups (broad SMARTS) is 1. The lowest BCUT2D eigenvalue weighted by Gasteiger charge is -2.43. The summed E-state index contributed by atoms with van der Waals surface area (Å²) in [5.74, 6) is -1.86. The largest absolute Gasteiger partial charge is 0.481 e. The third kappa shape index (κ3) is 4.12. The van der Waals surface area contributed by atoms with E-state index in [1.807, 2.05) is 48.5 Å². The molecule has 3 unspecified atom stereocenters. The summed E-state index contributed by atoms with van der Waals surface area (Å²) in [7, 11) is 0. The number of aromatic nitrogens is 1. The molecule has 1 saturated heterocycles. The van der Waals surface area contributed by atoms with E-state index < -0.39 is 23.5 Å². The Morgan fingerprint density at radius 3 is 2.43 bits per heavy atom. The molecule has 126 valence electrons. The quantitative estimate of drug-likeness (QED) is 0.801. The number of carboxylic acids is 1. The second-order valence-electron chi connectivity index (χ2n) is 6.26. The first kappa shape index (κ1) is 17.5.